The molecule has 284 valence electrons. The van der Waals surface area contributed by atoms with Gasteiger partial charge < -0.3 is 9.84 Å². The summed E-state index contributed by atoms with van der Waals surface area (Å²) in [6.45, 7) is 4.54. The second-order valence-corrected chi connectivity index (χ2v) is 14.9. The molecule has 0 aliphatic heterocycles. The summed E-state index contributed by atoms with van der Waals surface area (Å²) < 4.78 is 6.03. The van der Waals surface area contributed by atoms with Crippen molar-refractivity contribution >= 4 is 11.9 Å². The standard InChI is InChI=1S/C44H84O4/c1-3-5-7-9-10-11-12-13-14-15-16-17-18-19-23-26-29-33-37-41-44(47)48-42(38-34-30-8-6-4-2)39-35-31-27-24-21-20-22-25-28-32-36-40-43(45)46/h13-14,42H,3-12,15-41H2,1-2H3,(H,45,46)/b14-13-. The molecule has 0 spiro atoms. The van der Waals surface area contributed by atoms with Gasteiger partial charge in [0.25, 0.3) is 0 Å². The Morgan fingerprint density at radius 1 is 0.438 bits per heavy atom. The quantitative estimate of drug-likeness (QED) is 0.0398. The third-order valence-electron chi connectivity index (χ3n) is 9.99. The highest BCUT2D eigenvalue weighted by atomic mass is 16.5. The lowest BCUT2D eigenvalue weighted by Crippen LogP contribution is -2.18. The Labute approximate surface area is 300 Å². The molecule has 0 aromatic rings. The van der Waals surface area contributed by atoms with E-state index in [4.69, 9.17) is 9.84 Å². The van der Waals surface area contributed by atoms with Crippen molar-refractivity contribution < 1.29 is 19.4 Å². The molecule has 1 unspecified atom stereocenters. The van der Waals surface area contributed by atoms with Crippen molar-refractivity contribution in [3.63, 3.8) is 0 Å². The smallest absolute Gasteiger partial charge is 0.306 e. The monoisotopic (exact) mass is 677 g/mol. The summed E-state index contributed by atoms with van der Waals surface area (Å²) in [5.74, 6) is -0.631. The Balaban J connectivity index is 3.80. The zero-order valence-electron chi connectivity index (χ0n) is 32.6. The summed E-state index contributed by atoms with van der Waals surface area (Å²) in [4.78, 5) is 23.2. The molecule has 0 amide bonds. The highest BCUT2D eigenvalue weighted by Gasteiger charge is 2.14. The van der Waals surface area contributed by atoms with E-state index in [-0.39, 0.29) is 12.1 Å². The molecule has 0 bridgehead atoms. The lowest BCUT2D eigenvalue weighted by atomic mass is 10.0. The molecule has 0 aromatic carbocycles. The van der Waals surface area contributed by atoms with Gasteiger partial charge in [-0.2, -0.15) is 0 Å². The molecule has 0 rings (SSSR count). The average molecular weight is 677 g/mol. The molecule has 48 heavy (non-hydrogen) atoms. The number of carboxylic acid groups (broad SMARTS) is 1. The minimum absolute atomic E-state index is 0.0394. The minimum Gasteiger partial charge on any atom is -0.481 e. The molecule has 0 aliphatic rings. The van der Waals surface area contributed by atoms with Gasteiger partial charge in [0.15, 0.2) is 0 Å². The Morgan fingerprint density at radius 3 is 1.12 bits per heavy atom. The predicted octanol–water partition coefficient (Wildman–Crippen LogP) is 15.0. The molecular formula is C44H84O4. The summed E-state index contributed by atoms with van der Waals surface area (Å²) in [6, 6.07) is 0. The van der Waals surface area contributed by atoms with E-state index in [0.29, 0.717) is 12.8 Å². The van der Waals surface area contributed by atoms with Crippen molar-refractivity contribution in [2.75, 3.05) is 0 Å². The van der Waals surface area contributed by atoms with Crippen LogP contribution in [0, 0.1) is 0 Å². The largest absolute Gasteiger partial charge is 0.481 e. The molecule has 0 fully saturated rings. The van der Waals surface area contributed by atoms with Crippen LogP contribution in [-0.4, -0.2) is 23.1 Å². The minimum atomic E-state index is -0.670. The van der Waals surface area contributed by atoms with Crippen LogP contribution in [0.5, 0.6) is 0 Å². The van der Waals surface area contributed by atoms with Gasteiger partial charge in [0.2, 0.25) is 0 Å². The highest BCUT2D eigenvalue weighted by molar-refractivity contribution is 5.69. The lowest BCUT2D eigenvalue weighted by Gasteiger charge is -2.18. The molecule has 0 heterocycles. The van der Waals surface area contributed by atoms with Crippen LogP contribution < -0.4 is 0 Å². The summed E-state index contributed by atoms with van der Waals surface area (Å²) in [7, 11) is 0. The Morgan fingerprint density at radius 2 is 0.750 bits per heavy atom. The molecule has 0 aromatic heterocycles. The maximum Gasteiger partial charge on any atom is 0.306 e. The van der Waals surface area contributed by atoms with Gasteiger partial charge in [-0.3, -0.25) is 9.59 Å². The van der Waals surface area contributed by atoms with Gasteiger partial charge in [-0.1, -0.05) is 187 Å². The fraction of sp³-hybridized carbons (Fsp3) is 0.909. The number of esters is 1. The van der Waals surface area contributed by atoms with Gasteiger partial charge in [-0.05, 0) is 64.2 Å². The van der Waals surface area contributed by atoms with Crippen LogP contribution in [0.4, 0.5) is 0 Å². The van der Waals surface area contributed by atoms with Crippen molar-refractivity contribution in [2.24, 2.45) is 0 Å². The fourth-order valence-corrected chi connectivity index (χ4v) is 6.77. The van der Waals surface area contributed by atoms with Crippen molar-refractivity contribution in [1.29, 1.82) is 0 Å². The molecule has 1 atom stereocenters. The highest BCUT2D eigenvalue weighted by Crippen LogP contribution is 2.19. The number of hydrogen-bond acceptors (Lipinski definition) is 3. The fourth-order valence-electron chi connectivity index (χ4n) is 6.77. The third-order valence-corrected chi connectivity index (χ3v) is 9.99. The van der Waals surface area contributed by atoms with Crippen molar-refractivity contribution in [3.8, 4) is 0 Å². The van der Waals surface area contributed by atoms with E-state index in [9.17, 15) is 9.59 Å². The average Bonchev–Trinajstić information content (AvgIpc) is 3.07. The zero-order valence-corrected chi connectivity index (χ0v) is 32.6. The van der Waals surface area contributed by atoms with E-state index in [1.54, 1.807) is 0 Å². The number of aliphatic carboxylic acids is 1. The van der Waals surface area contributed by atoms with Crippen molar-refractivity contribution in [3.05, 3.63) is 12.2 Å². The first kappa shape index (κ1) is 46.7. The first-order chi connectivity index (χ1) is 23.6. The molecule has 4 heteroatoms. The van der Waals surface area contributed by atoms with Crippen molar-refractivity contribution in [1.82, 2.24) is 0 Å². The molecule has 0 radical (unpaired) electrons. The number of ether oxygens (including phenoxy) is 1. The van der Waals surface area contributed by atoms with Gasteiger partial charge in [-0.25, -0.2) is 0 Å². The maximum atomic E-state index is 12.7. The van der Waals surface area contributed by atoms with Crippen LogP contribution in [0.3, 0.4) is 0 Å². The number of carbonyl (C=O) groups excluding carboxylic acids is 1. The van der Waals surface area contributed by atoms with E-state index >= 15 is 0 Å². The number of carboxylic acids is 1. The second-order valence-electron chi connectivity index (χ2n) is 14.9. The maximum absolute atomic E-state index is 12.7. The van der Waals surface area contributed by atoms with Crippen LogP contribution in [0.2, 0.25) is 0 Å². The normalized spacial score (nSPS) is 12.2. The van der Waals surface area contributed by atoms with Crippen molar-refractivity contribution in [2.45, 2.75) is 258 Å². The molecule has 0 saturated carbocycles. The number of carbonyl (C=O) groups is 2. The molecule has 0 aliphatic carbocycles. The molecular weight excluding hydrogens is 592 g/mol. The summed E-state index contributed by atoms with van der Waals surface area (Å²) in [5, 5.41) is 8.70. The lowest BCUT2D eigenvalue weighted by molar-refractivity contribution is -0.150. The van der Waals surface area contributed by atoms with E-state index in [1.807, 2.05) is 0 Å². The second kappa shape index (κ2) is 40.1. The molecule has 4 nitrogen and oxygen atoms in total. The van der Waals surface area contributed by atoms with Crippen LogP contribution in [-0.2, 0) is 14.3 Å². The Kier molecular flexibility index (Phi) is 39.0. The van der Waals surface area contributed by atoms with Crippen LogP contribution in [0.25, 0.3) is 0 Å². The van der Waals surface area contributed by atoms with Gasteiger partial charge >= 0.3 is 11.9 Å². The zero-order chi connectivity index (χ0) is 35.0. The van der Waals surface area contributed by atoms with Crippen LogP contribution >= 0.6 is 0 Å². The Bertz CT molecular complexity index is 687. The molecule has 0 saturated heterocycles. The predicted molar refractivity (Wildman–Crippen MR) is 209 cm³/mol. The van der Waals surface area contributed by atoms with Gasteiger partial charge in [-0.15, -0.1) is 0 Å². The first-order valence-corrected chi connectivity index (χ1v) is 21.7. The van der Waals surface area contributed by atoms with E-state index in [2.05, 4.69) is 26.0 Å². The number of hydrogen-bond donors (Lipinski definition) is 1. The van der Waals surface area contributed by atoms with Gasteiger partial charge in [0.1, 0.15) is 6.10 Å². The third kappa shape index (κ3) is 39.1. The summed E-state index contributed by atoms with van der Waals surface area (Å²) in [6.07, 6.45) is 49.8. The van der Waals surface area contributed by atoms with E-state index in [0.717, 1.165) is 38.5 Å². The molecule has 1 N–H and O–H groups in total. The van der Waals surface area contributed by atoms with E-state index in [1.165, 1.54) is 186 Å². The SMILES string of the molecule is CCCCCCCC/C=C\CCCCCCCCCCCC(=O)OC(CCCCCCC)CCCCCCCCCCCCCC(=O)O. The topological polar surface area (TPSA) is 63.6 Å². The Hall–Kier alpha value is -1.32. The van der Waals surface area contributed by atoms with Crippen LogP contribution in [0.1, 0.15) is 251 Å². The summed E-state index contributed by atoms with van der Waals surface area (Å²) in [5.41, 5.74) is 0. The number of allylic oxidation sites excluding steroid dienone is 2. The van der Waals surface area contributed by atoms with Gasteiger partial charge in [0.05, 0.1) is 0 Å². The summed E-state index contributed by atoms with van der Waals surface area (Å²) >= 11 is 0. The van der Waals surface area contributed by atoms with Crippen LogP contribution in [0.15, 0.2) is 12.2 Å². The number of unbranched alkanes of at least 4 members (excludes halogenated alkanes) is 29. The first-order valence-electron chi connectivity index (χ1n) is 21.7. The van der Waals surface area contributed by atoms with E-state index < -0.39 is 5.97 Å². The van der Waals surface area contributed by atoms with Gasteiger partial charge in [0, 0.05) is 12.8 Å². The number of rotatable bonds is 40.